The van der Waals surface area contributed by atoms with Crippen LogP contribution < -0.4 is 15.4 Å². The summed E-state index contributed by atoms with van der Waals surface area (Å²) < 4.78 is 18.5. The molecule has 0 aliphatic carbocycles. The molecule has 112 valence electrons. The van der Waals surface area contributed by atoms with Crippen molar-refractivity contribution in [3.8, 4) is 5.88 Å². The van der Waals surface area contributed by atoms with E-state index in [1.54, 1.807) is 12.1 Å². The van der Waals surface area contributed by atoms with Crippen LogP contribution in [-0.4, -0.2) is 24.7 Å². The zero-order valence-electron chi connectivity index (χ0n) is 12.1. The molecule has 0 radical (unpaired) electrons. The molecular formula is C16H20FN3O. The molecule has 0 aliphatic rings. The van der Waals surface area contributed by atoms with Gasteiger partial charge in [0.05, 0.1) is 6.61 Å². The number of hydrogen-bond acceptors (Lipinski definition) is 4. The maximum absolute atomic E-state index is 13.1. The van der Waals surface area contributed by atoms with E-state index in [2.05, 4.69) is 4.98 Å². The van der Waals surface area contributed by atoms with Gasteiger partial charge in [-0.3, -0.25) is 0 Å². The van der Waals surface area contributed by atoms with Crippen molar-refractivity contribution in [1.82, 2.24) is 4.98 Å². The molecule has 0 atom stereocenters. The molecule has 2 aromatic rings. The summed E-state index contributed by atoms with van der Waals surface area (Å²) in [6.07, 6.45) is 0.817. The van der Waals surface area contributed by atoms with Crippen molar-refractivity contribution in [1.29, 1.82) is 0 Å². The Kier molecular flexibility index (Phi) is 5.51. The third-order valence-electron chi connectivity index (χ3n) is 3.00. The molecule has 4 nitrogen and oxygen atoms in total. The minimum absolute atomic E-state index is 0.256. The molecule has 0 spiro atoms. The van der Waals surface area contributed by atoms with Gasteiger partial charge in [0.25, 0.3) is 0 Å². The predicted octanol–water partition coefficient (Wildman–Crippen LogP) is 3.11. The molecule has 0 bridgehead atoms. The second-order valence-electron chi connectivity index (χ2n) is 4.54. The van der Waals surface area contributed by atoms with Gasteiger partial charge in [-0.2, -0.15) is 4.98 Å². The van der Waals surface area contributed by atoms with Crippen molar-refractivity contribution in [3.63, 3.8) is 0 Å². The molecule has 0 fully saturated rings. The number of ether oxygens (including phenoxy) is 1. The first-order valence-electron chi connectivity index (χ1n) is 7.07. The fourth-order valence-corrected chi connectivity index (χ4v) is 2.03. The summed E-state index contributed by atoms with van der Waals surface area (Å²) in [7, 11) is 0. The van der Waals surface area contributed by atoms with Crippen molar-refractivity contribution < 1.29 is 9.13 Å². The summed E-state index contributed by atoms with van der Waals surface area (Å²) in [5, 5.41) is 0. The molecule has 1 aromatic carbocycles. The molecule has 21 heavy (non-hydrogen) atoms. The van der Waals surface area contributed by atoms with Crippen molar-refractivity contribution >= 4 is 11.5 Å². The smallest absolute Gasteiger partial charge is 0.215 e. The average molecular weight is 289 g/mol. The molecule has 0 saturated heterocycles. The Morgan fingerprint density at radius 2 is 1.95 bits per heavy atom. The van der Waals surface area contributed by atoms with E-state index < -0.39 is 0 Å². The first-order valence-corrected chi connectivity index (χ1v) is 7.07. The molecule has 0 aliphatic heterocycles. The molecule has 5 heteroatoms. The fraction of sp³-hybridized carbons (Fsp3) is 0.312. The predicted molar refractivity (Wildman–Crippen MR) is 82.5 cm³/mol. The first-order chi connectivity index (χ1) is 10.2. The summed E-state index contributed by atoms with van der Waals surface area (Å²) in [6, 6.07) is 12.0. The molecular weight excluding hydrogens is 269 g/mol. The minimum Gasteiger partial charge on any atom is -0.478 e. The minimum atomic E-state index is -0.256. The number of nitrogens with two attached hydrogens (primary N) is 1. The van der Waals surface area contributed by atoms with Gasteiger partial charge in [0, 0.05) is 18.3 Å². The van der Waals surface area contributed by atoms with Crippen molar-refractivity contribution in [3.05, 3.63) is 48.3 Å². The lowest BCUT2D eigenvalue weighted by Gasteiger charge is -2.24. The lowest BCUT2D eigenvalue weighted by atomic mass is 10.2. The van der Waals surface area contributed by atoms with Gasteiger partial charge in [0.2, 0.25) is 5.88 Å². The van der Waals surface area contributed by atoms with Crippen LogP contribution in [0.1, 0.15) is 13.3 Å². The van der Waals surface area contributed by atoms with Crippen molar-refractivity contribution in [2.45, 2.75) is 13.3 Å². The zero-order valence-corrected chi connectivity index (χ0v) is 12.1. The average Bonchev–Trinajstić information content (AvgIpc) is 2.50. The van der Waals surface area contributed by atoms with Crippen LogP contribution in [0.2, 0.25) is 0 Å². The molecule has 1 aromatic heterocycles. The molecule has 0 amide bonds. The first kappa shape index (κ1) is 15.3. The Hall–Kier alpha value is -2.14. The van der Waals surface area contributed by atoms with E-state index >= 15 is 0 Å². The van der Waals surface area contributed by atoms with Crippen LogP contribution in [0.4, 0.5) is 15.9 Å². The quantitative estimate of drug-likeness (QED) is 0.851. The number of pyridine rings is 1. The number of anilines is 2. The summed E-state index contributed by atoms with van der Waals surface area (Å²) in [4.78, 5) is 6.49. The van der Waals surface area contributed by atoms with Crippen LogP contribution in [0, 0.1) is 5.82 Å². The van der Waals surface area contributed by atoms with E-state index in [-0.39, 0.29) is 5.82 Å². The number of nitrogens with zero attached hydrogens (tertiary/aromatic N) is 2. The third-order valence-corrected chi connectivity index (χ3v) is 3.00. The van der Waals surface area contributed by atoms with Gasteiger partial charge in [-0.05, 0) is 50.2 Å². The number of halogens is 1. The normalized spacial score (nSPS) is 10.4. The summed E-state index contributed by atoms with van der Waals surface area (Å²) in [6.45, 7) is 3.78. The second-order valence-corrected chi connectivity index (χ2v) is 4.54. The van der Waals surface area contributed by atoms with Gasteiger partial charge in [-0.1, -0.05) is 6.07 Å². The van der Waals surface area contributed by atoms with Crippen LogP contribution in [0.3, 0.4) is 0 Å². The van der Waals surface area contributed by atoms with Gasteiger partial charge in [-0.25, -0.2) is 4.39 Å². The van der Waals surface area contributed by atoms with Crippen LogP contribution >= 0.6 is 0 Å². The molecule has 2 N–H and O–H groups in total. The van der Waals surface area contributed by atoms with Gasteiger partial charge in [0.1, 0.15) is 11.6 Å². The molecule has 2 rings (SSSR count). The summed E-state index contributed by atoms with van der Waals surface area (Å²) in [5.41, 5.74) is 6.48. The lowest BCUT2D eigenvalue weighted by molar-refractivity contribution is 0.327. The number of aromatic nitrogens is 1. The van der Waals surface area contributed by atoms with E-state index in [9.17, 15) is 4.39 Å². The highest BCUT2D eigenvalue weighted by Crippen LogP contribution is 2.25. The molecule has 0 unspecified atom stereocenters. The SMILES string of the molecule is CCOc1cccc(N(CCCN)c2ccc(F)cc2)n1. The topological polar surface area (TPSA) is 51.4 Å². The Morgan fingerprint density at radius 1 is 1.19 bits per heavy atom. The third kappa shape index (κ3) is 4.16. The standard InChI is InChI=1S/C16H20FN3O/c1-2-21-16-6-3-5-15(19-16)20(12-4-11-18)14-9-7-13(17)8-10-14/h3,5-10H,2,4,11-12,18H2,1H3. The maximum Gasteiger partial charge on any atom is 0.215 e. The number of benzene rings is 1. The fourth-order valence-electron chi connectivity index (χ4n) is 2.03. The zero-order chi connectivity index (χ0) is 15.1. The van der Waals surface area contributed by atoms with E-state index in [4.69, 9.17) is 10.5 Å². The monoisotopic (exact) mass is 289 g/mol. The number of rotatable bonds is 7. The van der Waals surface area contributed by atoms with Crippen molar-refractivity contribution in [2.24, 2.45) is 5.73 Å². The van der Waals surface area contributed by atoms with Crippen LogP contribution in [0.15, 0.2) is 42.5 Å². The largest absolute Gasteiger partial charge is 0.478 e. The Balaban J connectivity index is 2.30. The van der Waals surface area contributed by atoms with E-state index in [1.165, 1.54) is 12.1 Å². The van der Waals surface area contributed by atoms with Gasteiger partial charge < -0.3 is 15.4 Å². The summed E-state index contributed by atoms with van der Waals surface area (Å²) >= 11 is 0. The highest BCUT2D eigenvalue weighted by molar-refractivity contribution is 5.60. The van der Waals surface area contributed by atoms with Crippen LogP contribution in [0.25, 0.3) is 0 Å². The van der Waals surface area contributed by atoms with Gasteiger partial charge in [0.15, 0.2) is 0 Å². The maximum atomic E-state index is 13.1. The van der Waals surface area contributed by atoms with E-state index in [0.29, 0.717) is 25.6 Å². The van der Waals surface area contributed by atoms with Crippen molar-refractivity contribution in [2.75, 3.05) is 24.6 Å². The molecule has 0 saturated carbocycles. The second kappa shape index (κ2) is 7.59. The summed E-state index contributed by atoms with van der Waals surface area (Å²) in [5.74, 6) is 1.09. The molecule has 1 heterocycles. The Bertz CT molecular complexity index is 560. The lowest BCUT2D eigenvalue weighted by Crippen LogP contribution is -2.22. The number of hydrogen-bond donors (Lipinski definition) is 1. The Labute approximate surface area is 124 Å². The highest BCUT2D eigenvalue weighted by atomic mass is 19.1. The highest BCUT2D eigenvalue weighted by Gasteiger charge is 2.11. The van der Waals surface area contributed by atoms with Gasteiger partial charge in [-0.15, -0.1) is 0 Å². The van der Waals surface area contributed by atoms with Crippen LogP contribution in [0.5, 0.6) is 5.88 Å². The van der Waals surface area contributed by atoms with Gasteiger partial charge >= 0.3 is 0 Å². The van der Waals surface area contributed by atoms with Crippen LogP contribution in [-0.2, 0) is 0 Å². The van der Waals surface area contributed by atoms with E-state index in [0.717, 1.165) is 17.9 Å². The Morgan fingerprint density at radius 3 is 2.62 bits per heavy atom. The van der Waals surface area contributed by atoms with E-state index in [1.807, 2.05) is 30.0 Å².